The molecule has 2 aromatic heterocycles. The Morgan fingerprint density at radius 3 is 1.93 bits per heavy atom. The molecule has 0 bridgehead atoms. The third-order valence-electron chi connectivity index (χ3n) is 5.81. The molecule has 0 fully saturated rings. The van der Waals surface area contributed by atoms with Crippen molar-refractivity contribution in [2.45, 2.75) is 65.2 Å². The van der Waals surface area contributed by atoms with E-state index in [4.69, 9.17) is 15.0 Å². The van der Waals surface area contributed by atoms with E-state index in [1.807, 2.05) is 30.1 Å². The molecule has 0 aliphatic heterocycles. The Balaban J connectivity index is 2.17. The first-order valence-electron chi connectivity index (χ1n) is 10.0. The number of hydrogen-bond donors (Lipinski definition) is 0. The molecular weight excluding hydrogens is 346 g/mol. The summed E-state index contributed by atoms with van der Waals surface area (Å²) in [6.07, 6.45) is 5.70. The van der Waals surface area contributed by atoms with Crippen LogP contribution >= 0.6 is 0 Å². The van der Waals surface area contributed by atoms with Gasteiger partial charge in [-0.2, -0.15) is 0 Å². The molecule has 0 unspecified atom stereocenters. The van der Waals surface area contributed by atoms with Gasteiger partial charge in [0.2, 0.25) is 0 Å². The van der Waals surface area contributed by atoms with Gasteiger partial charge in [0.15, 0.2) is 5.82 Å². The summed E-state index contributed by atoms with van der Waals surface area (Å²) >= 11 is 0. The lowest BCUT2D eigenvalue weighted by Gasteiger charge is -2.26. The third kappa shape index (κ3) is 3.84. The topological polar surface area (TPSA) is 56.5 Å². The van der Waals surface area contributed by atoms with Crippen molar-refractivity contribution >= 4 is 0 Å². The van der Waals surface area contributed by atoms with E-state index in [2.05, 4.69) is 64.7 Å². The molecule has 0 N–H and O–H groups in total. The average molecular weight is 378 g/mol. The van der Waals surface area contributed by atoms with Crippen LogP contribution < -0.4 is 0 Å². The Bertz CT molecular complexity index is 934. The highest BCUT2D eigenvalue weighted by Gasteiger charge is 2.28. The predicted molar refractivity (Wildman–Crippen MR) is 114 cm³/mol. The molecule has 0 amide bonds. The van der Waals surface area contributed by atoms with Crippen LogP contribution in [0.4, 0.5) is 0 Å². The van der Waals surface area contributed by atoms with E-state index in [1.54, 1.807) is 0 Å². The molecule has 5 heteroatoms. The Morgan fingerprint density at radius 1 is 0.857 bits per heavy atom. The summed E-state index contributed by atoms with van der Waals surface area (Å²) in [5, 5.41) is 0. The minimum atomic E-state index is -0.104. The molecule has 0 radical (unpaired) electrons. The highest BCUT2D eigenvalue weighted by Crippen LogP contribution is 2.31. The Kier molecular flexibility index (Phi) is 5.37. The summed E-state index contributed by atoms with van der Waals surface area (Å²) in [5.41, 5.74) is 1.84. The first kappa shape index (κ1) is 20.2. The van der Waals surface area contributed by atoms with Crippen LogP contribution in [0.3, 0.4) is 0 Å². The maximum atomic E-state index is 4.89. The molecule has 3 rings (SSSR count). The number of aryl methyl sites for hydroxylation is 1. The zero-order valence-corrected chi connectivity index (χ0v) is 18.1. The summed E-state index contributed by atoms with van der Waals surface area (Å²) < 4.78 is 2.02. The van der Waals surface area contributed by atoms with Crippen molar-refractivity contribution in [3.63, 3.8) is 0 Å². The number of benzene rings is 1. The fourth-order valence-electron chi connectivity index (χ4n) is 2.87. The van der Waals surface area contributed by atoms with Crippen molar-refractivity contribution in [2.75, 3.05) is 0 Å². The minimum absolute atomic E-state index is 0.104. The molecule has 0 atom stereocenters. The van der Waals surface area contributed by atoms with Gasteiger partial charge in [0.1, 0.15) is 17.5 Å². The summed E-state index contributed by atoms with van der Waals surface area (Å²) in [5.74, 6) is 3.39. The lowest BCUT2D eigenvalue weighted by molar-refractivity contribution is 0.434. The number of aromatic nitrogens is 5. The highest BCUT2D eigenvalue weighted by molar-refractivity contribution is 5.66. The summed E-state index contributed by atoms with van der Waals surface area (Å²) in [4.78, 5) is 19.1. The van der Waals surface area contributed by atoms with Crippen molar-refractivity contribution < 1.29 is 0 Å². The molecule has 0 saturated carbocycles. The molecule has 5 nitrogen and oxygen atoms in total. The predicted octanol–water partition coefficient (Wildman–Crippen LogP) is 5.31. The van der Waals surface area contributed by atoms with E-state index in [0.717, 1.165) is 47.3 Å². The number of hydrogen-bond acceptors (Lipinski definition) is 4. The van der Waals surface area contributed by atoms with Gasteiger partial charge < -0.3 is 4.57 Å². The van der Waals surface area contributed by atoms with Gasteiger partial charge in [0.05, 0.1) is 0 Å². The van der Waals surface area contributed by atoms with Crippen LogP contribution in [0.25, 0.3) is 22.8 Å². The highest BCUT2D eigenvalue weighted by atomic mass is 15.1. The maximum Gasteiger partial charge on any atom is 0.163 e. The van der Waals surface area contributed by atoms with E-state index in [-0.39, 0.29) is 10.8 Å². The third-order valence-corrected chi connectivity index (χ3v) is 5.81. The van der Waals surface area contributed by atoms with E-state index in [0.29, 0.717) is 0 Å². The zero-order chi connectivity index (χ0) is 20.5. The van der Waals surface area contributed by atoms with Crippen molar-refractivity contribution in [3.05, 3.63) is 48.3 Å². The minimum Gasteiger partial charge on any atom is -0.334 e. The van der Waals surface area contributed by atoms with Crippen LogP contribution in [0.5, 0.6) is 0 Å². The van der Waals surface area contributed by atoms with Gasteiger partial charge in [0, 0.05) is 41.4 Å². The molecule has 2 heterocycles. The van der Waals surface area contributed by atoms with Crippen LogP contribution in [-0.4, -0.2) is 24.5 Å². The zero-order valence-electron chi connectivity index (χ0n) is 18.1. The molecule has 1 aromatic carbocycles. The second-order valence-corrected chi connectivity index (χ2v) is 8.72. The Hall–Kier alpha value is -2.56. The summed E-state index contributed by atoms with van der Waals surface area (Å²) in [6, 6.07) is 8.29. The molecule has 3 aromatic rings. The van der Waals surface area contributed by atoms with Gasteiger partial charge in [-0.15, -0.1) is 0 Å². The van der Waals surface area contributed by atoms with Gasteiger partial charge in [0.25, 0.3) is 0 Å². The Labute approximate surface area is 168 Å². The number of nitrogens with zero attached hydrogens (tertiary/aromatic N) is 5. The molecule has 0 spiro atoms. The van der Waals surface area contributed by atoms with Crippen molar-refractivity contribution in [1.29, 1.82) is 0 Å². The fourth-order valence-corrected chi connectivity index (χ4v) is 2.87. The molecule has 148 valence electrons. The fraction of sp³-hybridized carbons (Fsp3) is 0.478. The van der Waals surface area contributed by atoms with E-state index in [9.17, 15) is 0 Å². The van der Waals surface area contributed by atoms with Gasteiger partial charge in [-0.3, -0.25) is 0 Å². The molecule has 0 aliphatic carbocycles. The standard InChI is InChI=1S/C23H31N5/c1-8-22(3,4)20-25-18(26-21(27-20)23(5,6)9-2)16-11-10-12-17(15-16)19-24-13-14-28(19)7/h10-15H,8-9H2,1-7H3. The number of rotatable bonds is 6. The van der Waals surface area contributed by atoms with Crippen LogP contribution in [0.15, 0.2) is 36.7 Å². The normalized spacial score (nSPS) is 12.4. The Morgan fingerprint density at radius 2 is 1.43 bits per heavy atom. The largest absolute Gasteiger partial charge is 0.334 e. The van der Waals surface area contributed by atoms with Crippen LogP contribution in [0.1, 0.15) is 66.0 Å². The SMILES string of the molecule is CCC(C)(C)c1nc(-c2cccc(-c3nccn3C)c2)nc(C(C)(C)CC)n1. The van der Waals surface area contributed by atoms with Crippen LogP contribution in [-0.2, 0) is 17.9 Å². The van der Waals surface area contributed by atoms with E-state index >= 15 is 0 Å². The molecule has 0 aliphatic rings. The van der Waals surface area contributed by atoms with Crippen molar-refractivity contribution in [3.8, 4) is 22.8 Å². The van der Waals surface area contributed by atoms with Crippen molar-refractivity contribution in [2.24, 2.45) is 7.05 Å². The number of imidazole rings is 1. The molecule has 0 saturated heterocycles. The quantitative estimate of drug-likeness (QED) is 0.584. The molecular formula is C23H31N5. The second-order valence-electron chi connectivity index (χ2n) is 8.72. The van der Waals surface area contributed by atoms with Crippen molar-refractivity contribution in [1.82, 2.24) is 24.5 Å². The second kappa shape index (κ2) is 7.46. The summed E-state index contributed by atoms with van der Waals surface area (Å²) in [7, 11) is 2.00. The smallest absolute Gasteiger partial charge is 0.163 e. The average Bonchev–Trinajstić information content (AvgIpc) is 3.13. The van der Waals surface area contributed by atoms with Gasteiger partial charge in [-0.25, -0.2) is 19.9 Å². The lowest BCUT2D eigenvalue weighted by Crippen LogP contribution is -2.26. The molecule has 28 heavy (non-hydrogen) atoms. The summed E-state index contributed by atoms with van der Waals surface area (Å²) in [6.45, 7) is 13.1. The van der Waals surface area contributed by atoms with Crippen LogP contribution in [0.2, 0.25) is 0 Å². The van der Waals surface area contributed by atoms with Gasteiger partial charge in [-0.05, 0) is 18.9 Å². The van der Waals surface area contributed by atoms with E-state index in [1.165, 1.54) is 0 Å². The van der Waals surface area contributed by atoms with Gasteiger partial charge >= 0.3 is 0 Å². The van der Waals surface area contributed by atoms with Crippen LogP contribution in [0, 0.1) is 0 Å². The van der Waals surface area contributed by atoms with Gasteiger partial charge in [-0.1, -0.05) is 59.7 Å². The van der Waals surface area contributed by atoms with E-state index < -0.39 is 0 Å². The monoisotopic (exact) mass is 377 g/mol. The maximum absolute atomic E-state index is 4.89. The lowest BCUT2D eigenvalue weighted by atomic mass is 9.87. The first-order valence-corrected chi connectivity index (χ1v) is 10.0. The first-order chi connectivity index (χ1) is 13.2.